The van der Waals surface area contributed by atoms with E-state index in [-0.39, 0.29) is 18.4 Å². The standard InChI is InChI=1S/C11H14ClN3O2/c1-2-5-13-10(16)7-15-11(17)8-3-4-9(12)14-6-8/h3-4,6H,2,5,7H2,1H3,(H,13,16)(H,15,17). The number of pyridine rings is 1. The Morgan fingerprint density at radius 1 is 1.35 bits per heavy atom. The number of carbonyl (C=O) groups is 2. The van der Waals surface area contributed by atoms with Crippen molar-refractivity contribution in [1.82, 2.24) is 15.6 Å². The molecule has 0 saturated carbocycles. The molecule has 0 atom stereocenters. The summed E-state index contributed by atoms with van der Waals surface area (Å²) >= 11 is 5.59. The molecule has 6 heteroatoms. The van der Waals surface area contributed by atoms with Crippen molar-refractivity contribution < 1.29 is 9.59 Å². The Labute approximate surface area is 105 Å². The van der Waals surface area contributed by atoms with Crippen molar-refractivity contribution >= 4 is 23.4 Å². The minimum Gasteiger partial charge on any atom is -0.355 e. The van der Waals surface area contributed by atoms with Crippen LogP contribution in [0.4, 0.5) is 0 Å². The molecule has 1 heterocycles. The van der Waals surface area contributed by atoms with Gasteiger partial charge in [0, 0.05) is 12.7 Å². The van der Waals surface area contributed by atoms with E-state index in [1.807, 2.05) is 6.92 Å². The van der Waals surface area contributed by atoms with Gasteiger partial charge in [-0.15, -0.1) is 0 Å². The molecule has 0 aliphatic rings. The van der Waals surface area contributed by atoms with Gasteiger partial charge in [-0.1, -0.05) is 18.5 Å². The van der Waals surface area contributed by atoms with Crippen molar-refractivity contribution in [2.24, 2.45) is 0 Å². The number of rotatable bonds is 5. The maximum atomic E-state index is 11.6. The zero-order chi connectivity index (χ0) is 12.7. The third kappa shape index (κ3) is 4.82. The third-order valence-corrected chi connectivity index (χ3v) is 2.19. The first-order valence-corrected chi connectivity index (χ1v) is 5.67. The summed E-state index contributed by atoms with van der Waals surface area (Å²) in [5.74, 6) is -0.553. The van der Waals surface area contributed by atoms with Crippen LogP contribution in [0.3, 0.4) is 0 Å². The van der Waals surface area contributed by atoms with E-state index in [1.54, 1.807) is 6.07 Å². The minimum absolute atomic E-state index is 0.0402. The van der Waals surface area contributed by atoms with Crippen LogP contribution in [0, 0.1) is 0 Å². The lowest BCUT2D eigenvalue weighted by molar-refractivity contribution is -0.120. The average Bonchev–Trinajstić information content (AvgIpc) is 2.34. The van der Waals surface area contributed by atoms with Gasteiger partial charge in [0.05, 0.1) is 12.1 Å². The zero-order valence-electron chi connectivity index (χ0n) is 9.50. The van der Waals surface area contributed by atoms with Crippen LogP contribution in [-0.4, -0.2) is 29.9 Å². The Kier molecular flexibility index (Phi) is 5.42. The average molecular weight is 256 g/mol. The Morgan fingerprint density at radius 2 is 2.12 bits per heavy atom. The summed E-state index contributed by atoms with van der Waals surface area (Å²) in [7, 11) is 0. The molecule has 17 heavy (non-hydrogen) atoms. The number of hydrogen-bond donors (Lipinski definition) is 2. The number of nitrogens with one attached hydrogen (secondary N) is 2. The maximum Gasteiger partial charge on any atom is 0.253 e. The van der Waals surface area contributed by atoms with Crippen LogP contribution >= 0.6 is 11.6 Å². The molecule has 2 N–H and O–H groups in total. The van der Waals surface area contributed by atoms with Gasteiger partial charge in [0.15, 0.2) is 0 Å². The molecule has 0 aromatic carbocycles. The van der Waals surface area contributed by atoms with E-state index in [0.29, 0.717) is 17.3 Å². The molecular weight excluding hydrogens is 242 g/mol. The first-order chi connectivity index (χ1) is 8.13. The molecule has 1 aromatic rings. The van der Waals surface area contributed by atoms with Crippen LogP contribution in [-0.2, 0) is 4.79 Å². The predicted octanol–water partition coefficient (Wildman–Crippen LogP) is 0.991. The van der Waals surface area contributed by atoms with Gasteiger partial charge in [0.2, 0.25) is 5.91 Å². The largest absolute Gasteiger partial charge is 0.355 e. The SMILES string of the molecule is CCCNC(=O)CNC(=O)c1ccc(Cl)nc1. The molecule has 0 unspecified atom stereocenters. The highest BCUT2D eigenvalue weighted by Gasteiger charge is 2.07. The van der Waals surface area contributed by atoms with E-state index < -0.39 is 0 Å². The van der Waals surface area contributed by atoms with E-state index in [0.717, 1.165) is 6.42 Å². The Bertz CT molecular complexity index is 392. The van der Waals surface area contributed by atoms with Gasteiger partial charge in [-0.2, -0.15) is 0 Å². The summed E-state index contributed by atoms with van der Waals surface area (Å²) < 4.78 is 0. The lowest BCUT2D eigenvalue weighted by atomic mass is 10.3. The summed E-state index contributed by atoms with van der Waals surface area (Å²) in [6.07, 6.45) is 2.22. The van der Waals surface area contributed by atoms with Crippen molar-refractivity contribution in [2.45, 2.75) is 13.3 Å². The van der Waals surface area contributed by atoms with Crippen molar-refractivity contribution in [3.05, 3.63) is 29.0 Å². The number of amides is 2. The lowest BCUT2D eigenvalue weighted by Crippen LogP contribution is -2.37. The molecule has 0 aliphatic carbocycles. The zero-order valence-corrected chi connectivity index (χ0v) is 10.3. The van der Waals surface area contributed by atoms with Crippen LogP contribution in [0.5, 0.6) is 0 Å². The summed E-state index contributed by atoms with van der Waals surface area (Å²) in [6, 6.07) is 3.07. The van der Waals surface area contributed by atoms with Crippen LogP contribution in [0.25, 0.3) is 0 Å². The molecule has 0 aliphatic heterocycles. The molecule has 92 valence electrons. The molecule has 0 spiro atoms. The predicted molar refractivity (Wildman–Crippen MR) is 64.9 cm³/mol. The fourth-order valence-electron chi connectivity index (χ4n) is 1.10. The van der Waals surface area contributed by atoms with E-state index in [4.69, 9.17) is 11.6 Å². The van der Waals surface area contributed by atoms with Crippen molar-refractivity contribution in [3.63, 3.8) is 0 Å². The number of aromatic nitrogens is 1. The van der Waals surface area contributed by atoms with Gasteiger partial charge in [0.1, 0.15) is 5.15 Å². The van der Waals surface area contributed by atoms with E-state index >= 15 is 0 Å². The normalized spacial score (nSPS) is 9.76. The number of carbonyl (C=O) groups excluding carboxylic acids is 2. The van der Waals surface area contributed by atoms with Crippen molar-refractivity contribution in [3.8, 4) is 0 Å². The first-order valence-electron chi connectivity index (χ1n) is 5.30. The fourth-order valence-corrected chi connectivity index (χ4v) is 1.21. The number of halogens is 1. The van der Waals surface area contributed by atoms with Crippen LogP contribution in [0.2, 0.25) is 5.15 Å². The second kappa shape index (κ2) is 6.85. The molecule has 2 amide bonds. The minimum atomic E-state index is -0.346. The Morgan fingerprint density at radius 3 is 2.71 bits per heavy atom. The monoisotopic (exact) mass is 255 g/mol. The van der Waals surface area contributed by atoms with E-state index in [2.05, 4.69) is 15.6 Å². The highest BCUT2D eigenvalue weighted by atomic mass is 35.5. The summed E-state index contributed by atoms with van der Waals surface area (Å²) in [6.45, 7) is 2.52. The highest BCUT2D eigenvalue weighted by Crippen LogP contribution is 2.04. The molecule has 0 bridgehead atoms. The number of nitrogens with zero attached hydrogens (tertiary/aromatic N) is 1. The van der Waals surface area contributed by atoms with Crippen LogP contribution in [0.1, 0.15) is 23.7 Å². The highest BCUT2D eigenvalue weighted by molar-refractivity contribution is 6.29. The quantitative estimate of drug-likeness (QED) is 0.771. The van der Waals surface area contributed by atoms with Crippen LogP contribution in [0.15, 0.2) is 18.3 Å². The van der Waals surface area contributed by atoms with Crippen molar-refractivity contribution in [1.29, 1.82) is 0 Å². The van der Waals surface area contributed by atoms with Gasteiger partial charge in [-0.3, -0.25) is 9.59 Å². The molecule has 1 rings (SSSR count). The van der Waals surface area contributed by atoms with E-state index in [9.17, 15) is 9.59 Å². The van der Waals surface area contributed by atoms with Gasteiger partial charge in [0.25, 0.3) is 5.91 Å². The second-order valence-electron chi connectivity index (χ2n) is 3.40. The topological polar surface area (TPSA) is 71.1 Å². The molecular formula is C11H14ClN3O2. The second-order valence-corrected chi connectivity index (χ2v) is 3.79. The summed E-state index contributed by atoms with van der Waals surface area (Å²) in [5, 5.41) is 5.47. The maximum absolute atomic E-state index is 11.6. The van der Waals surface area contributed by atoms with Gasteiger partial charge in [-0.25, -0.2) is 4.98 Å². The molecule has 1 aromatic heterocycles. The summed E-state index contributed by atoms with van der Waals surface area (Å²) in [4.78, 5) is 26.6. The van der Waals surface area contributed by atoms with Gasteiger partial charge < -0.3 is 10.6 Å². The third-order valence-electron chi connectivity index (χ3n) is 1.97. The molecule has 0 fully saturated rings. The smallest absolute Gasteiger partial charge is 0.253 e. The van der Waals surface area contributed by atoms with Crippen LogP contribution < -0.4 is 10.6 Å². The number of hydrogen-bond acceptors (Lipinski definition) is 3. The lowest BCUT2D eigenvalue weighted by Gasteiger charge is -2.05. The van der Waals surface area contributed by atoms with E-state index in [1.165, 1.54) is 12.3 Å². The van der Waals surface area contributed by atoms with Gasteiger partial charge in [-0.05, 0) is 18.6 Å². The summed E-state index contributed by atoms with van der Waals surface area (Å²) in [5.41, 5.74) is 0.373. The molecule has 0 radical (unpaired) electrons. The van der Waals surface area contributed by atoms with Gasteiger partial charge >= 0.3 is 0 Å². The van der Waals surface area contributed by atoms with Crippen molar-refractivity contribution in [2.75, 3.05) is 13.1 Å². The molecule has 0 saturated heterocycles. The fraction of sp³-hybridized carbons (Fsp3) is 0.364. The first kappa shape index (κ1) is 13.4. The Balaban J connectivity index is 2.39. The molecule has 5 nitrogen and oxygen atoms in total. The Hall–Kier alpha value is -1.62.